The molecule has 1 aromatic carbocycles. The van der Waals surface area contributed by atoms with Crippen LogP contribution < -0.4 is 11.3 Å². The number of hydrazine groups is 1. The monoisotopic (exact) mass is 436 g/mol. The maximum absolute atomic E-state index is 5.85. The smallest absolute Gasteiger partial charge is 0.0499 e. The summed E-state index contributed by atoms with van der Waals surface area (Å²) in [6, 6.07) is 6.75. The van der Waals surface area contributed by atoms with Gasteiger partial charge in [0.05, 0.1) is 0 Å². The van der Waals surface area contributed by atoms with Crippen LogP contribution in [0.25, 0.3) is 0 Å². The fourth-order valence-corrected chi connectivity index (χ4v) is 4.17. The van der Waals surface area contributed by atoms with Crippen LogP contribution in [0, 0.1) is 15.4 Å². The van der Waals surface area contributed by atoms with E-state index in [2.05, 4.69) is 69.1 Å². The van der Waals surface area contributed by atoms with Gasteiger partial charge in [-0.05, 0) is 71.0 Å². The second-order valence-corrected chi connectivity index (χ2v) is 7.60. The average molecular weight is 437 g/mol. The molecule has 1 fully saturated rings. The fourth-order valence-electron chi connectivity index (χ4n) is 3.16. The predicted molar refractivity (Wildman–Crippen MR) is 92.7 cm³/mol. The summed E-state index contributed by atoms with van der Waals surface area (Å²) in [7, 11) is 0. The third-order valence-corrected chi connectivity index (χ3v) is 5.81. The summed E-state index contributed by atoms with van der Waals surface area (Å²) in [5.41, 5.74) is 4.36. The molecule has 1 aromatic rings. The Balaban J connectivity index is 2.14. The van der Waals surface area contributed by atoms with E-state index in [-0.39, 0.29) is 6.04 Å². The Hall–Kier alpha value is 0.350. The van der Waals surface area contributed by atoms with Crippen molar-refractivity contribution >= 4 is 38.5 Å². The molecular formula is C15H22BrIN2. The highest BCUT2D eigenvalue weighted by molar-refractivity contribution is 14.1. The van der Waals surface area contributed by atoms with Gasteiger partial charge in [0.1, 0.15) is 0 Å². The lowest BCUT2D eigenvalue weighted by molar-refractivity contribution is 0.219. The average Bonchev–Trinajstić information content (AvgIpc) is 2.44. The largest absolute Gasteiger partial charge is 0.271 e. The molecule has 2 nitrogen and oxygen atoms in total. The van der Waals surface area contributed by atoms with Crippen molar-refractivity contribution in [3.05, 3.63) is 31.8 Å². The topological polar surface area (TPSA) is 38.0 Å². The lowest BCUT2D eigenvalue weighted by Crippen LogP contribution is -2.35. The number of rotatable bonds is 4. The van der Waals surface area contributed by atoms with Crippen LogP contribution in [0.15, 0.2) is 22.7 Å². The molecule has 1 unspecified atom stereocenters. The number of hydrogen-bond donors (Lipinski definition) is 2. The van der Waals surface area contributed by atoms with Crippen LogP contribution in [0.5, 0.6) is 0 Å². The van der Waals surface area contributed by atoms with E-state index in [1.807, 2.05) is 0 Å². The van der Waals surface area contributed by atoms with Gasteiger partial charge in [-0.25, -0.2) is 0 Å². The molecule has 0 aliphatic heterocycles. The van der Waals surface area contributed by atoms with Gasteiger partial charge in [0.2, 0.25) is 0 Å². The highest BCUT2D eigenvalue weighted by Gasteiger charge is 2.28. The van der Waals surface area contributed by atoms with Gasteiger partial charge in [-0.1, -0.05) is 42.1 Å². The van der Waals surface area contributed by atoms with Gasteiger partial charge in [0.15, 0.2) is 0 Å². The molecule has 1 atom stereocenters. The van der Waals surface area contributed by atoms with Gasteiger partial charge in [-0.15, -0.1) is 0 Å². The summed E-state index contributed by atoms with van der Waals surface area (Å²) in [6.07, 6.45) is 6.58. The summed E-state index contributed by atoms with van der Waals surface area (Å²) in [5.74, 6) is 7.43. The first-order valence-corrected chi connectivity index (χ1v) is 8.94. The second kappa shape index (κ2) is 7.38. The van der Waals surface area contributed by atoms with Crippen molar-refractivity contribution in [3.8, 4) is 0 Å². The zero-order valence-corrected chi connectivity index (χ0v) is 15.1. The number of hydrogen-bond acceptors (Lipinski definition) is 2. The summed E-state index contributed by atoms with van der Waals surface area (Å²) in [6.45, 7) is 2.31. The van der Waals surface area contributed by atoms with Crippen LogP contribution >= 0.6 is 38.5 Å². The summed E-state index contributed by atoms with van der Waals surface area (Å²) < 4.78 is 2.42. The summed E-state index contributed by atoms with van der Waals surface area (Å²) in [5, 5.41) is 0. The maximum Gasteiger partial charge on any atom is 0.0499 e. The van der Waals surface area contributed by atoms with Crippen molar-refractivity contribution < 1.29 is 0 Å². The zero-order chi connectivity index (χ0) is 13.8. The normalized spacial score (nSPS) is 25.3. The highest BCUT2D eigenvalue weighted by Crippen LogP contribution is 2.39. The molecule has 106 valence electrons. The van der Waals surface area contributed by atoms with Gasteiger partial charge < -0.3 is 0 Å². The van der Waals surface area contributed by atoms with Crippen molar-refractivity contribution in [1.29, 1.82) is 0 Å². The van der Waals surface area contributed by atoms with Gasteiger partial charge in [-0.2, -0.15) is 0 Å². The van der Waals surface area contributed by atoms with Crippen molar-refractivity contribution in [2.75, 3.05) is 0 Å². The second-order valence-electron chi connectivity index (χ2n) is 5.50. The molecular weight excluding hydrogens is 415 g/mol. The number of nitrogens with two attached hydrogens (primary N) is 1. The van der Waals surface area contributed by atoms with Crippen LogP contribution in [0.2, 0.25) is 0 Å². The van der Waals surface area contributed by atoms with Gasteiger partial charge >= 0.3 is 0 Å². The Morgan fingerprint density at radius 3 is 2.63 bits per heavy atom. The van der Waals surface area contributed by atoms with E-state index in [9.17, 15) is 0 Å². The number of benzene rings is 1. The van der Waals surface area contributed by atoms with Crippen molar-refractivity contribution in [2.24, 2.45) is 17.7 Å². The quantitative estimate of drug-likeness (QED) is 0.405. The van der Waals surface area contributed by atoms with Crippen LogP contribution in [0.1, 0.15) is 50.6 Å². The van der Waals surface area contributed by atoms with Crippen LogP contribution in [-0.4, -0.2) is 0 Å². The lowest BCUT2D eigenvalue weighted by atomic mass is 9.76. The summed E-state index contributed by atoms with van der Waals surface area (Å²) >= 11 is 6.03. The molecule has 1 aliphatic rings. The SMILES string of the molecule is CCC1CCC(C(NN)c2cc(I)ccc2Br)CC1. The molecule has 3 N–H and O–H groups in total. The van der Waals surface area contributed by atoms with E-state index >= 15 is 0 Å². The molecule has 1 aliphatic carbocycles. The fraction of sp³-hybridized carbons (Fsp3) is 0.600. The molecule has 1 saturated carbocycles. The van der Waals surface area contributed by atoms with Crippen molar-refractivity contribution in [3.63, 3.8) is 0 Å². The van der Waals surface area contributed by atoms with E-state index in [0.717, 1.165) is 10.4 Å². The molecule has 0 radical (unpaired) electrons. The third kappa shape index (κ3) is 3.93. The molecule has 0 amide bonds. The summed E-state index contributed by atoms with van der Waals surface area (Å²) in [4.78, 5) is 0. The molecule has 0 bridgehead atoms. The molecule has 19 heavy (non-hydrogen) atoms. The Labute approximate surface area is 138 Å². The molecule has 0 saturated heterocycles. The first-order valence-electron chi connectivity index (χ1n) is 7.06. The first kappa shape index (κ1) is 15.7. The van der Waals surface area contributed by atoms with Crippen LogP contribution in [0.4, 0.5) is 0 Å². The molecule has 2 rings (SSSR count). The third-order valence-electron chi connectivity index (χ3n) is 4.41. The van der Waals surface area contributed by atoms with E-state index in [0.29, 0.717) is 5.92 Å². The molecule has 4 heteroatoms. The predicted octanol–water partition coefficient (Wildman–Crippen LogP) is 4.77. The molecule has 0 spiro atoms. The minimum atomic E-state index is 0.266. The Morgan fingerprint density at radius 2 is 2.05 bits per heavy atom. The highest BCUT2D eigenvalue weighted by atomic mass is 127. The lowest BCUT2D eigenvalue weighted by Gasteiger charge is -2.34. The van der Waals surface area contributed by atoms with Gasteiger partial charge in [0, 0.05) is 14.1 Å². The van der Waals surface area contributed by atoms with Crippen LogP contribution in [-0.2, 0) is 0 Å². The Bertz CT molecular complexity index is 417. The van der Waals surface area contributed by atoms with Gasteiger partial charge in [0.25, 0.3) is 0 Å². The molecule has 0 aromatic heterocycles. The minimum Gasteiger partial charge on any atom is -0.271 e. The Kier molecular flexibility index (Phi) is 6.11. The number of nitrogens with one attached hydrogen (secondary N) is 1. The first-order chi connectivity index (χ1) is 9.15. The Morgan fingerprint density at radius 1 is 1.37 bits per heavy atom. The number of halogens is 2. The van der Waals surface area contributed by atoms with Gasteiger partial charge in [-0.3, -0.25) is 11.3 Å². The van der Waals surface area contributed by atoms with Crippen LogP contribution in [0.3, 0.4) is 0 Å². The van der Waals surface area contributed by atoms with E-state index < -0.39 is 0 Å². The standard InChI is InChI=1S/C15H22BrIN2/c1-2-10-3-5-11(6-4-10)15(19-18)13-9-12(17)7-8-14(13)16/h7-11,15,19H,2-6,18H2,1H3. The van der Waals surface area contributed by atoms with E-state index in [1.165, 1.54) is 41.2 Å². The van der Waals surface area contributed by atoms with E-state index in [4.69, 9.17) is 5.84 Å². The molecule has 0 heterocycles. The van der Waals surface area contributed by atoms with Crippen molar-refractivity contribution in [1.82, 2.24) is 5.43 Å². The zero-order valence-electron chi connectivity index (χ0n) is 11.3. The van der Waals surface area contributed by atoms with Crippen molar-refractivity contribution in [2.45, 2.75) is 45.1 Å². The van der Waals surface area contributed by atoms with E-state index in [1.54, 1.807) is 0 Å². The maximum atomic E-state index is 5.85. The minimum absolute atomic E-state index is 0.266.